The summed E-state index contributed by atoms with van der Waals surface area (Å²) in [5.74, 6) is 0.683. The molecule has 3 aromatic rings. The topological polar surface area (TPSA) is 32.3 Å². The van der Waals surface area contributed by atoms with Gasteiger partial charge in [-0.2, -0.15) is 22.5 Å². The average Bonchev–Trinajstić information content (AvgIpc) is 3.23. The highest BCUT2D eigenvalue weighted by Gasteiger charge is 2.30. The predicted octanol–water partition coefficient (Wildman–Crippen LogP) is 5.24. The fraction of sp³-hybridized carbons (Fsp3) is 0.333. The third-order valence-corrected chi connectivity index (χ3v) is 6.15. The van der Waals surface area contributed by atoms with Crippen LogP contribution in [0.4, 0.5) is 18.3 Å². The third kappa shape index (κ3) is 5.11. The van der Waals surface area contributed by atoms with Crippen LogP contribution in [-0.4, -0.2) is 47.0 Å². The van der Waals surface area contributed by atoms with Crippen LogP contribution in [0.3, 0.4) is 0 Å². The van der Waals surface area contributed by atoms with Gasteiger partial charge in [0.1, 0.15) is 0 Å². The molecule has 1 aliphatic rings. The molecule has 0 saturated carbocycles. The van der Waals surface area contributed by atoms with Gasteiger partial charge in [-0.05, 0) is 36.2 Å². The van der Waals surface area contributed by atoms with Gasteiger partial charge in [0.25, 0.3) is 0 Å². The Balaban J connectivity index is 1.28. The summed E-state index contributed by atoms with van der Waals surface area (Å²) in [4.78, 5) is 9.21. The van der Waals surface area contributed by atoms with Crippen molar-refractivity contribution in [3.63, 3.8) is 0 Å². The molecular formula is C21H20ClF3N4S. The van der Waals surface area contributed by atoms with Gasteiger partial charge in [-0.15, -0.1) is 0 Å². The number of benzene rings is 2. The van der Waals surface area contributed by atoms with Crippen LogP contribution in [0, 0.1) is 0 Å². The number of hydrogen-bond donors (Lipinski definition) is 0. The average molecular weight is 453 g/mol. The zero-order chi connectivity index (χ0) is 21.1. The van der Waals surface area contributed by atoms with Gasteiger partial charge in [0, 0.05) is 54.8 Å². The van der Waals surface area contributed by atoms with E-state index in [9.17, 15) is 13.2 Å². The van der Waals surface area contributed by atoms with Gasteiger partial charge in [-0.25, -0.2) is 0 Å². The van der Waals surface area contributed by atoms with Crippen LogP contribution in [0.2, 0.25) is 5.02 Å². The second-order valence-electron chi connectivity index (χ2n) is 7.18. The van der Waals surface area contributed by atoms with Crippen LogP contribution in [0.25, 0.3) is 11.4 Å². The molecule has 2 heterocycles. The lowest BCUT2D eigenvalue weighted by molar-refractivity contribution is -0.137. The molecule has 30 heavy (non-hydrogen) atoms. The lowest BCUT2D eigenvalue weighted by Gasteiger charge is -2.34. The maximum atomic E-state index is 12.7. The van der Waals surface area contributed by atoms with Gasteiger partial charge in [-0.3, -0.25) is 4.90 Å². The van der Waals surface area contributed by atoms with E-state index < -0.39 is 11.7 Å². The van der Waals surface area contributed by atoms with E-state index in [1.807, 2.05) is 24.3 Å². The SMILES string of the molecule is FC(F)(F)c1ccc(CCN2CCN(c3nc(-c4cccc(Cl)c4)ns3)CC2)cc1. The molecule has 0 bridgehead atoms. The molecule has 0 atom stereocenters. The molecule has 0 N–H and O–H groups in total. The van der Waals surface area contributed by atoms with Crippen LogP contribution in [0.1, 0.15) is 11.1 Å². The van der Waals surface area contributed by atoms with Gasteiger partial charge in [0.15, 0.2) is 5.82 Å². The Morgan fingerprint density at radius 2 is 1.73 bits per heavy atom. The molecule has 4 rings (SSSR count). The molecule has 0 radical (unpaired) electrons. The van der Waals surface area contributed by atoms with E-state index in [1.54, 1.807) is 12.1 Å². The Bertz CT molecular complexity index is 982. The first-order valence-electron chi connectivity index (χ1n) is 9.61. The summed E-state index contributed by atoms with van der Waals surface area (Å²) < 4.78 is 42.4. The Morgan fingerprint density at radius 1 is 1.00 bits per heavy atom. The van der Waals surface area contributed by atoms with E-state index in [-0.39, 0.29) is 0 Å². The number of aromatic nitrogens is 2. The van der Waals surface area contributed by atoms with Gasteiger partial charge in [0.05, 0.1) is 5.56 Å². The summed E-state index contributed by atoms with van der Waals surface area (Å²) in [6, 6.07) is 12.9. The smallest absolute Gasteiger partial charge is 0.344 e. The van der Waals surface area contributed by atoms with E-state index in [1.165, 1.54) is 11.5 Å². The summed E-state index contributed by atoms with van der Waals surface area (Å²) in [6.07, 6.45) is -3.55. The van der Waals surface area contributed by atoms with E-state index in [0.29, 0.717) is 10.8 Å². The largest absolute Gasteiger partial charge is 0.416 e. The van der Waals surface area contributed by atoms with Gasteiger partial charge < -0.3 is 4.90 Å². The quantitative estimate of drug-likeness (QED) is 0.529. The number of rotatable bonds is 5. The molecule has 1 saturated heterocycles. The minimum Gasteiger partial charge on any atom is -0.344 e. The summed E-state index contributed by atoms with van der Waals surface area (Å²) in [5.41, 5.74) is 1.22. The van der Waals surface area contributed by atoms with E-state index in [2.05, 4.69) is 19.2 Å². The molecule has 0 spiro atoms. The molecule has 1 fully saturated rings. The number of hydrogen-bond acceptors (Lipinski definition) is 5. The van der Waals surface area contributed by atoms with Crippen LogP contribution in [0.15, 0.2) is 48.5 Å². The molecule has 1 aliphatic heterocycles. The first kappa shape index (κ1) is 21.1. The zero-order valence-electron chi connectivity index (χ0n) is 16.1. The normalized spacial score (nSPS) is 15.5. The second kappa shape index (κ2) is 8.91. The van der Waals surface area contributed by atoms with Crippen molar-refractivity contribution in [1.82, 2.24) is 14.3 Å². The second-order valence-corrected chi connectivity index (χ2v) is 8.35. The standard InChI is InChI=1S/C21H20ClF3N4S/c22-18-3-1-2-16(14-18)19-26-20(30-27-19)29-12-10-28(11-13-29)9-8-15-4-6-17(7-5-15)21(23,24)25/h1-7,14H,8-13H2. The lowest BCUT2D eigenvalue weighted by atomic mass is 10.1. The summed E-state index contributed by atoms with van der Waals surface area (Å²) in [6.45, 7) is 4.27. The molecule has 4 nitrogen and oxygen atoms in total. The molecule has 9 heteroatoms. The van der Waals surface area contributed by atoms with E-state index in [4.69, 9.17) is 11.6 Å². The van der Waals surface area contributed by atoms with Crippen molar-refractivity contribution in [2.45, 2.75) is 12.6 Å². The van der Waals surface area contributed by atoms with Crippen molar-refractivity contribution in [3.8, 4) is 11.4 Å². The van der Waals surface area contributed by atoms with Crippen molar-refractivity contribution < 1.29 is 13.2 Å². The van der Waals surface area contributed by atoms with Gasteiger partial charge in [0.2, 0.25) is 5.13 Å². The van der Waals surface area contributed by atoms with Crippen LogP contribution >= 0.6 is 23.1 Å². The van der Waals surface area contributed by atoms with Crippen molar-refractivity contribution in [1.29, 1.82) is 0 Å². The minimum absolute atomic E-state index is 0.603. The molecule has 0 aliphatic carbocycles. The molecule has 158 valence electrons. The third-order valence-electron chi connectivity index (χ3n) is 5.14. The molecule has 0 unspecified atom stereocenters. The van der Waals surface area contributed by atoms with E-state index >= 15 is 0 Å². The number of piperazine rings is 1. The number of nitrogens with zero attached hydrogens (tertiary/aromatic N) is 4. The van der Waals surface area contributed by atoms with Gasteiger partial charge >= 0.3 is 6.18 Å². The number of alkyl halides is 3. The molecule has 0 amide bonds. The fourth-order valence-corrected chi connectivity index (χ4v) is 4.33. The maximum absolute atomic E-state index is 12.7. The Labute approximate surface area is 182 Å². The van der Waals surface area contributed by atoms with Gasteiger partial charge in [-0.1, -0.05) is 35.9 Å². The fourth-order valence-electron chi connectivity index (χ4n) is 3.40. The first-order valence-corrected chi connectivity index (χ1v) is 10.8. The predicted molar refractivity (Wildman–Crippen MR) is 114 cm³/mol. The number of anilines is 1. The highest BCUT2D eigenvalue weighted by molar-refractivity contribution is 7.09. The lowest BCUT2D eigenvalue weighted by Crippen LogP contribution is -2.47. The van der Waals surface area contributed by atoms with Crippen LogP contribution in [0.5, 0.6) is 0 Å². The molecule has 1 aromatic heterocycles. The molecule has 2 aromatic carbocycles. The highest BCUT2D eigenvalue weighted by Crippen LogP contribution is 2.29. The summed E-state index contributed by atoms with van der Waals surface area (Å²) in [7, 11) is 0. The molecular weight excluding hydrogens is 433 g/mol. The van der Waals surface area contributed by atoms with E-state index in [0.717, 1.165) is 67.5 Å². The van der Waals surface area contributed by atoms with Crippen LogP contribution in [-0.2, 0) is 12.6 Å². The van der Waals surface area contributed by atoms with Crippen molar-refractivity contribution in [3.05, 3.63) is 64.7 Å². The van der Waals surface area contributed by atoms with Crippen LogP contribution < -0.4 is 4.90 Å². The Morgan fingerprint density at radius 3 is 2.40 bits per heavy atom. The summed E-state index contributed by atoms with van der Waals surface area (Å²) in [5, 5.41) is 1.55. The zero-order valence-corrected chi connectivity index (χ0v) is 17.6. The van der Waals surface area contributed by atoms with Crippen molar-refractivity contribution in [2.24, 2.45) is 0 Å². The first-order chi connectivity index (χ1) is 14.4. The number of halogens is 4. The minimum atomic E-state index is -4.29. The maximum Gasteiger partial charge on any atom is 0.416 e. The highest BCUT2D eigenvalue weighted by atomic mass is 35.5. The summed E-state index contributed by atoms with van der Waals surface area (Å²) >= 11 is 7.43. The van der Waals surface area contributed by atoms with Crippen molar-refractivity contribution >= 4 is 28.3 Å². The Kier molecular flexibility index (Phi) is 6.26. The van der Waals surface area contributed by atoms with Crippen molar-refractivity contribution in [2.75, 3.05) is 37.6 Å². The monoisotopic (exact) mass is 452 g/mol. The Hall–Kier alpha value is -2.16.